The highest BCUT2D eigenvalue weighted by Crippen LogP contribution is 2.32. The third-order valence-corrected chi connectivity index (χ3v) is 3.45. The second kappa shape index (κ2) is 5.85. The van der Waals surface area contributed by atoms with Gasteiger partial charge in [0.2, 0.25) is 0 Å². The van der Waals surface area contributed by atoms with Gasteiger partial charge in [0.1, 0.15) is 5.60 Å². The minimum atomic E-state index is -0.513. The zero-order chi connectivity index (χ0) is 14.8. The van der Waals surface area contributed by atoms with Crippen molar-refractivity contribution in [3.8, 4) is 11.1 Å². The minimum absolute atomic E-state index is 0.453. The van der Waals surface area contributed by atoms with Crippen LogP contribution in [-0.4, -0.2) is 11.7 Å². The summed E-state index contributed by atoms with van der Waals surface area (Å²) in [6.07, 6.45) is -0.453. The predicted molar refractivity (Wildman–Crippen MR) is 84.6 cm³/mol. The first-order chi connectivity index (χ1) is 9.35. The van der Waals surface area contributed by atoms with E-state index in [-0.39, 0.29) is 0 Å². The number of anilines is 1. The Labute approximate surface area is 127 Å². The van der Waals surface area contributed by atoms with Crippen LogP contribution in [0.15, 0.2) is 35.0 Å². The van der Waals surface area contributed by atoms with Crippen LogP contribution in [0.5, 0.6) is 0 Å². The van der Waals surface area contributed by atoms with Gasteiger partial charge < -0.3 is 4.74 Å². The Balaban J connectivity index is 2.17. The summed E-state index contributed by atoms with van der Waals surface area (Å²) in [5, 5.41) is 7.33. The molecule has 1 heterocycles. The molecule has 0 saturated carbocycles. The SMILES string of the molecule is CC(C)(C)OC(=O)Nc1cscc1-c1ccc(Cl)cc1. The zero-order valence-corrected chi connectivity index (χ0v) is 13.1. The number of ether oxygens (including phenoxy) is 1. The van der Waals surface area contributed by atoms with Gasteiger partial charge in [0.25, 0.3) is 0 Å². The molecule has 106 valence electrons. The molecule has 1 aromatic carbocycles. The maximum Gasteiger partial charge on any atom is 0.412 e. The summed E-state index contributed by atoms with van der Waals surface area (Å²) in [5.74, 6) is 0. The lowest BCUT2D eigenvalue weighted by molar-refractivity contribution is 0.0636. The summed E-state index contributed by atoms with van der Waals surface area (Å²) in [6.45, 7) is 5.50. The fourth-order valence-electron chi connectivity index (χ4n) is 1.66. The van der Waals surface area contributed by atoms with Crippen LogP contribution in [0.25, 0.3) is 11.1 Å². The summed E-state index contributed by atoms with van der Waals surface area (Å²) >= 11 is 7.40. The topological polar surface area (TPSA) is 38.3 Å². The third-order valence-electron chi connectivity index (χ3n) is 2.45. The van der Waals surface area contributed by atoms with Gasteiger partial charge in [-0.1, -0.05) is 23.7 Å². The molecule has 2 rings (SSSR count). The number of carbonyl (C=O) groups is 1. The van der Waals surface area contributed by atoms with E-state index in [0.29, 0.717) is 5.02 Å². The molecule has 0 saturated heterocycles. The van der Waals surface area contributed by atoms with E-state index < -0.39 is 11.7 Å². The highest BCUT2D eigenvalue weighted by atomic mass is 35.5. The summed E-state index contributed by atoms with van der Waals surface area (Å²) < 4.78 is 5.25. The first kappa shape index (κ1) is 14.9. The van der Waals surface area contributed by atoms with Crippen molar-refractivity contribution < 1.29 is 9.53 Å². The highest BCUT2D eigenvalue weighted by molar-refractivity contribution is 7.08. The van der Waals surface area contributed by atoms with Crippen LogP contribution in [0.1, 0.15) is 20.8 Å². The van der Waals surface area contributed by atoms with Crippen LogP contribution in [0, 0.1) is 0 Å². The Morgan fingerprint density at radius 1 is 1.20 bits per heavy atom. The number of thiophene rings is 1. The largest absolute Gasteiger partial charge is 0.444 e. The minimum Gasteiger partial charge on any atom is -0.444 e. The number of amides is 1. The number of hydrogen-bond donors (Lipinski definition) is 1. The molecule has 0 aliphatic heterocycles. The second-order valence-electron chi connectivity index (χ2n) is 5.33. The quantitative estimate of drug-likeness (QED) is 0.805. The molecule has 1 N–H and O–H groups in total. The predicted octanol–water partition coefficient (Wildman–Crippen LogP) is 5.42. The number of rotatable bonds is 2. The molecule has 5 heteroatoms. The fraction of sp³-hybridized carbons (Fsp3) is 0.267. The summed E-state index contributed by atoms with van der Waals surface area (Å²) in [6, 6.07) is 7.49. The van der Waals surface area contributed by atoms with Crippen LogP contribution < -0.4 is 5.32 Å². The molecule has 2 aromatic rings. The van der Waals surface area contributed by atoms with Gasteiger partial charge in [0.15, 0.2) is 0 Å². The zero-order valence-electron chi connectivity index (χ0n) is 11.6. The summed E-state index contributed by atoms with van der Waals surface area (Å²) in [5.41, 5.74) is 2.19. The van der Waals surface area contributed by atoms with E-state index in [1.165, 1.54) is 11.3 Å². The lowest BCUT2D eigenvalue weighted by Gasteiger charge is -2.19. The Bertz CT molecular complexity index is 599. The molecule has 0 fully saturated rings. The van der Waals surface area contributed by atoms with Gasteiger partial charge in [-0.25, -0.2) is 4.79 Å². The maximum atomic E-state index is 11.8. The van der Waals surface area contributed by atoms with E-state index in [1.807, 2.05) is 55.8 Å². The number of nitrogens with one attached hydrogen (secondary N) is 1. The van der Waals surface area contributed by atoms with Gasteiger partial charge in [-0.3, -0.25) is 5.32 Å². The molecule has 0 aliphatic carbocycles. The van der Waals surface area contributed by atoms with E-state index in [2.05, 4.69) is 5.32 Å². The smallest absolute Gasteiger partial charge is 0.412 e. The van der Waals surface area contributed by atoms with Crippen molar-refractivity contribution in [1.29, 1.82) is 0 Å². The molecular weight excluding hydrogens is 294 g/mol. The van der Waals surface area contributed by atoms with Crippen molar-refractivity contribution in [3.05, 3.63) is 40.0 Å². The van der Waals surface area contributed by atoms with E-state index in [0.717, 1.165) is 16.8 Å². The van der Waals surface area contributed by atoms with Crippen LogP contribution in [-0.2, 0) is 4.74 Å². The molecule has 1 amide bonds. The van der Waals surface area contributed by atoms with Gasteiger partial charge >= 0.3 is 6.09 Å². The fourth-order valence-corrected chi connectivity index (χ4v) is 2.58. The molecule has 20 heavy (non-hydrogen) atoms. The van der Waals surface area contributed by atoms with Crippen molar-refractivity contribution >= 4 is 34.7 Å². The van der Waals surface area contributed by atoms with Crippen molar-refractivity contribution in [2.45, 2.75) is 26.4 Å². The molecule has 0 spiro atoms. The summed E-state index contributed by atoms with van der Waals surface area (Å²) in [4.78, 5) is 11.8. The highest BCUT2D eigenvalue weighted by Gasteiger charge is 2.17. The van der Waals surface area contributed by atoms with E-state index in [1.54, 1.807) is 0 Å². The standard InChI is InChI=1S/C15H16ClNO2S/c1-15(2,3)19-14(18)17-13-9-20-8-12(13)10-4-6-11(16)7-5-10/h4-9H,1-3H3,(H,17,18). The number of carbonyl (C=O) groups excluding carboxylic acids is 1. The van der Waals surface area contributed by atoms with Crippen LogP contribution in [0.3, 0.4) is 0 Å². The Kier molecular flexibility index (Phi) is 4.35. The molecule has 3 nitrogen and oxygen atoms in total. The van der Waals surface area contributed by atoms with Gasteiger partial charge in [-0.2, -0.15) is 0 Å². The maximum absolute atomic E-state index is 11.8. The molecule has 0 radical (unpaired) electrons. The first-order valence-corrected chi connectivity index (χ1v) is 7.49. The van der Waals surface area contributed by atoms with E-state index in [4.69, 9.17) is 16.3 Å². The van der Waals surface area contributed by atoms with Crippen molar-refractivity contribution in [2.75, 3.05) is 5.32 Å². The Morgan fingerprint density at radius 3 is 2.45 bits per heavy atom. The van der Waals surface area contributed by atoms with Gasteiger partial charge in [0, 0.05) is 21.3 Å². The lowest BCUT2D eigenvalue weighted by atomic mass is 10.1. The monoisotopic (exact) mass is 309 g/mol. The molecule has 0 unspecified atom stereocenters. The van der Waals surface area contributed by atoms with Crippen molar-refractivity contribution in [1.82, 2.24) is 0 Å². The van der Waals surface area contributed by atoms with Crippen molar-refractivity contribution in [3.63, 3.8) is 0 Å². The van der Waals surface area contributed by atoms with Crippen molar-refractivity contribution in [2.24, 2.45) is 0 Å². The molecule has 0 atom stereocenters. The lowest BCUT2D eigenvalue weighted by Crippen LogP contribution is -2.27. The molecule has 0 bridgehead atoms. The van der Waals surface area contributed by atoms with Gasteiger partial charge in [-0.05, 0) is 38.5 Å². The first-order valence-electron chi connectivity index (χ1n) is 6.17. The van der Waals surface area contributed by atoms with Gasteiger partial charge in [-0.15, -0.1) is 11.3 Å². The van der Waals surface area contributed by atoms with E-state index >= 15 is 0 Å². The molecule has 0 aliphatic rings. The average molecular weight is 310 g/mol. The normalized spacial score (nSPS) is 11.2. The molecule has 1 aromatic heterocycles. The number of halogens is 1. The second-order valence-corrected chi connectivity index (χ2v) is 6.51. The Hall–Kier alpha value is -1.52. The van der Waals surface area contributed by atoms with E-state index in [9.17, 15) is 4.79 Å². The van der Waals surface area contributed by atoms with Crippen LogP contribution in [0.4, 0.5) is 10.5 Å². The van der Waals surface area contributed by atoms with Crippen LogP contribution in [0.2, 0.25) is 5.02 Å². The van der Waals surface area contributed by atoms with Gasteiger partial charge in [0.05, 0.1) is 5.69 Å². The Morgan fingerprint density at radius 2 is 1.85 bits per heavy atom. The third kappa shape index (κ3) is 3.99. The number of benzene rings is 1. The van der Waals surface area contributed by atoms with Crippen LogP contribution >= 0.6 is 22.9 Å². The molecular formula is C15H16ClNO2S. The summed E-state index contributed by atoms with van der Waals surface area (Å²) in [7, 11) is 0. The number of hydrogen-bond acceptors (Lipinski definition) is 3. The average Bonchev–Trinajstić information content (AvgIpc) is 2.75.